The van der Waals surface area contributed by atoms with E-state index in [0.717, 1.165) is 37.0 Å². The van der Waals surface area contributed by atoms with Crippen molar-refractivity contribution < 1.29 is 24.2 Å². The molecule has 0 aromatic carbocycles. The van der Waals surface area contributed by atoms with Crippen molar-refractivity contribution in [3.8, 4) is 0 Å². The van der Waals surface area contributed by atoms with Crippen LogP contribution in [0.1, 0.15) is 58.3 Å². The molecule has 0 radical (unpaired) electrons. The quantitative estimate of drug-likeness (QED) is 0.288. The molecule has 0 bridgehead atoms. The number of carbonyl (C=O) groups excluding carboxylic acids is 3. The predicted molar refractivity (Wildman–Crippen MR) is 80.6 cm³/mol. The molecule has 0 saturated carbocycles. The second-order valence-corrected chi connectivity index (χ2v) is 5.61. The molecule has 0 spiro atoms. The zero-order valence-corrected chi connectivity index (χ0v) is 13.2. The maximum absolute atomic E-state index is 11.4. The van der Waals surface area contributed by atoms with Gasteiger partial charge in [-0.05, 0) is 26.2 Å². The molecule has 1 unspecified atom stereocenters. The van der Waals surface area contributed by atoms with Crippen LogP contribution in [0.15, 0.2) is 12.2 Å². The first-order chi connectivity index (χ1) is 10.4. The third kappa shape index (κ3) is 5.97. The SMILES string of the molecule is C=C(C)C(=O)OCCCCCCCC(O)N1C(=O)CCC1=O. The first kappa shape index (κ1) is 18.4. The molecular weight excluding hydrogens is 286 g/mol. The van der Waals surface area contributed by atoms with Crippen LogP contribution < -0.4 is 0 Å². The van der Waals surface area contributed by atoms with E-state index in [1.807, 2.05) is 0 Å². The number of amides is 2. The van der Waals surface area contributed by atoms with Gasteiger partial charge in [0.25, 0.3) is 0 Å². The summed E-state index contributed by atoms with van der Waals surface area (Å²) < 4.78 is 4.98. The van der Waals surface area contributed by atoms with Gasteiger partial charge in [-0.1, -0.05) is 25.8 Å². The van der Waals surface area contributed by atoms with Crippen LogP contribution in [0, 0.1) is 0 Å². The summed E-state index contributed by atoms with van der Waals surface area (Å²) in [5.74, 6) is -0.920. The normalized spacial score (nSPS) is 16.0. The fourth-order valence-electron chi connectivity index (χ4n) is 2.30. The predicted octanol–water partition coefficient (Wildman–Crippen LogP) is 1.91. The third-order valence-corrected chi connectivity index (χ3v) is 3.58. The van der Waals surface area contributed by atoms with E-state index in [0.29, 0.717) is 18.6 Å². The summed E-state index contributed by atoms with van der Waals surface area (Å²) in [6.45, 7) is 5.51. The van der Waals surface area contributed by atoms with E-state index >= 15 is 0 Å². The molecular formula is C16H25NO5. The first-order valence-corrected chi connectivity index (χ1v) is 7.79. The molecule has 1 atom stereocenters. The molecule has 0 aromatic rings. The highest BCUT2D eigenvalue weighted by molar-refractivity contribution is 6.02. The number of ether oxygens (including phenoxy) is 1. The van der Waals surface area contributed by atoms with Crippen LogP contribution in [0.25, 0.3) is 0 Å². The monoisotopic (exact) mass is 311 g/mol. The van der Waals surface area contributed by atoms with Gasteiger partial charge in [0.15, 0.2) is 0 Å². The molecule has 124 valence electrons. The molecule has 1 aliphatic heterocycles. The second-order valence-electron chi connectivity index (χ2n) is 5.61. The standard InChI is InChI=1S/C16H25NO5/c1-12(2)16(21)22-11-7-5-3-4-6-8-13(18)17-14(19)9-10-15(17)20/h13,18H,1,3-11H2,2H3. The largest absolute Gasteiger partial charge is 0.462 e. The van der Waals surface area contributed by atoms with Crippen LogP contribution in [-0.4, -0.2) is 40.6 Å². The van der Waals surface area contributed by atoms with Gasteiger partial charge < -0.3 is 9.84 Å². The van der Waals surface area contributed by atoms with Crippen molar-refractivity contribution in [2.45, 2.75) is 64.5 Å². The van der Waals surface area contributed by atoms with E-state index in [1.54, 1.807) is 6.92 Å². The van der Waals surface area contributed by atoms with Gasteiger partial charge in [0, 0.05) is 18.4 Å². The summed E-state index contributed by atoms with van der Waals surface area (Å²) in [4.78, 5) is 35.0. The fraction of sp³-hybridized carbons (Fsp3) is 0.688. The van der Waals surface area contributed by atoms with E-state index in [2.05, 4.69) is 6.58 Å². The Morgan fingerprint density at radius 1 is 1.18 bits per heavy atom. The van der Waals surface area contributed by atoms with Crippen molar-refractivity contribution in [3.05, 3.63) is 12.2 Å². The summed E-state index contributed by atoms with van der Waals surface area (Å²) >= 11 is 0. The zero-order chi connectivity index (χ0) is 16.5. The van der Waals surface area contributed by atoms with Crippen molar-refractivity contribution >= 4 is 17.8 Å². The number of likely N-dealkylation sites (tertiary alicyclic amines) is 1. The van der Waals surface area contributed by atoms with Gasteiger partial charge in [0.05, 0.1) is 6.61 Å². The number of carbonyl (C=O) groups is 3. The molecule has 22 heavy (non-hydrogen) atoms. The lowest BCUT2D eigenvalue weighted by Crippen LogP contribution is -2.39. The Kier molecular flexibility index (Phi) is 7.80. The van der Waals surface area contributed by atoms with Crippen LogP contribution in [-0.2, 0) is 19.1 Å². The molecule has 0 aliphatic carbocycles. The Hall–Kier alpha value is -1.69. The van der Waals surface area contributed by atoms with Crippen LogP contribution in [0.2, 0.25) is 0 Å². The average molecular weight is 311 g/mol. The van der Waals surface area contributed by atoms with Crippen molar-refractivity contribution in [2.75, 3.05) is 6.61 Å². The van der Waals surface area contributed by atoms with E-state index < -0.39 is 6.23 Å². The number of esters is 1. The molecule has 1 fully saturated rings. The van der Waals surface area contributed by atoms with E-state index in [-0.39, 0.29) is 30.6 Å². The van der Waals surface area contributed by atoms with Gasteiger partial charge >= 0.3 is 5.97 Å². The molecule has 2 amide bonds. The summed E-state index contributed by atoms with van der Waals surface area (Å²) in [5, 5.41) is 9.86. The topological polar surface area (TPSA) is 83.9 Å². The average Bonchev–Trinajstić information content (AvgIpc) is 2.80. The lowest BCUT2D eigenvalue weighted by molar-refractivity contribution is -0.149. The van der Waals surface area contributed by atoms with E-state index in [9.17, 15) is 19.5 Å². The number of hydrogen-bond donors (Lipinski definition) is 1. The number of imide groups is 1. The van der Waals surface area contributed by atoms with Gasteiger partial charge in [0.2, 0.25) is 11.8 Å². The molecule has 1 N–H and O–H groups in total. The molecule has 6 heteroatoms. The minimum Gasteiger partial charge on any atom is -0.462 e. The molecule has 0 aromatic heterocycles. The number of rotatable bonds is 10. The number of hydrogen-bond acceptors (Lipinski definition) is 5. The fourth-order valence-corrected chi connectivity index (χ4v) is 2.30. The Morgan fingerprint density at radius 2 is 1.73 bits per heavy atom. The molecule has 1 aliphatic rings. The van der Waals surface area contributed by atoms with Crippen LogP contribution >= 0.6 is 0 Å². The molecule has 1 saturated heterocycles. The zero-order valence-electron chi connectivity index (χ0n) is 13.2. The van der Waals surface area contributed by atoms with Gasteiger partial charge in [-0.3, -0.25) is 14.5 Å². The number of unbranched alkanes of at least 4 members (excludes halogenated alkanes) is 4. The van der Waals surface area contributed by atoms with Gasteiger partial charge in [-0.25, -0.2) is 4.79 Å². The van der Waals surface area contributed by atoms with Crippen LogP contribution in [0.5, 0.6) is 0 Å². The van der Waals surface area contributed by atoms with E-state index in [1.165, 1.54) is 0 Å². The highest BCUT2D eigenvalue weighted by Gasteiger charge is 2.33. The minimum atomic E-state index is -0.987. The smallest absolute Gasteiger partial charge is 0.333 e. The first-order valence-electron chi connectivity index (χ1n) is 7.79. The van der Waals surface area contributed by atoms with Crippen molar-refractivity contribution in [1.82, 2.24) is 4.90 Å². The maximum atomic E-state index is 11.4. The Labute approximate surface area is 131 Å². The maximum Gasteiger partial charge on any atom is 0.333 e. The van der Waals surface area contributed by atoms with Gasteiger partial charge in [0.1, 0.15) is 6.23 Å². The van der Waals surface area contributed by atoms with Crippen molar-refractivity contribution in [3.63, 3.8) is 0 Å². The highest BCUT2D eigenvalue weighted by atomic mass is 16.5. The van der Waals surface area contributed by atoms with Crippen LogP contribution in [0.4, 0.5) is 0 Å². The van der Waals surface area contributed by atoms with E-state index in [4.69, 9.17) is 4.74 Å². The van der Waals surface area contributed by atoms with Crippen molar-refractivity contribution in [2.24, 2.45) is 0 Å². The Morgan fingerprint density at radius 3 is 2.32 bits per heavy atom. The Bertz CT molecular complexity index is 416. The summed E-state index contributed by atoms with van der Waals surface area (Å²) in [6, 6.07) is 0. The lowest BCUT2D eigenvalue weighted by atomic mass is 10.1. The van der Waals surface area contributed by atoms with Gasteiger partial charge in [-0.2, -0.15) is 0 Å². The van der Waals surface area contributed by atoms with Crippen LogP contribution in [0.3, 0.4) is 0 Å². The second kappa shape index (κ2) is 9.35. The summed E-state index contributed by atoms with van der Waals surface area (Å²) in [5.41, 5.74) is 0.403. The summed E-state index contributed by atoms with van der Waals surface area (Å²) in [7, 11) is 0. The lowest BCUT2D eigenvalue weighted by Gasteiger charge is -2.20. The third-order valence-electron chi connectivity index (χ3n) is 3.58. The number of aliphatic hydroxyl groups is 1. The minimum absolute atomic E-state index is 0.207. The van der Waals surface area contributed by atoms with Gasteiger partial charge in [-0.15, -0.1) is 0 Å². The molecule has 1 rings (SSSR count). The summed E-state index contributed by atoms with van der Waals surface area (Å²) in [6.07, 6.45) is 4.19. The number of aliphatic hydroxyl groups excluding tert-OH is 1. The Balaban J connectivity index is 2.01. The molecule has 6 nitrogen and oxygen atoms in total. The molecule has 1 heterocycles. The highest BCUT2D eigenvalue weighted by Crippen LogP contribution is 2.18. The van der Waals surface area contributed by atoms with Crippen molar-refractivity contribution in [1.29, 1.82) is 0 Å². The number of nitrogens with zero attached hydrogens (tertiary/aromatic N) is 1.